The Labute approximate surface area is 140 Å². The van der Waals surface area contributed by atoms with E-state index in [0.717, 1.165) is 0 Å². The zero-order chi connectivity index (χ0) is 17.4. The molecule has 2 N–H and O–H groups in total. The Morgan fingerprint density at radius 1 is 1.28 bits per heavy atom. The van der Waals surface area contributed by atoms with Crippen molar-refractivity contribution < 1.29 is 19.1 Å². The van der Waals surface area contributed by atoms with Gasteiger partial charge in [0.15, 0.2) is 5.65 Å². The monoisotopic (exact) mass is 336 g/mol. The Bertz CT molecular complexity index is 1110. The first-order valence-electron chi connectivity index (χ1n) is 7.44. The minimum atomic E-state index is -1.00. The van der Waals surface area contributed by atoms with E-state index in [4.69, 9.17) is 9.52 Å². The number of rotatable bonds is 4. The quantitative estimate of drug-likeness (QED) is 0.590. The molecule has 0 saturated carbocycles. The van der Waals surface area contributed by atoms with Crippen LogP contribution in [0.3, 0.4) is 0 Å². The lowest BCUT2D eigenvalue weighted by Crippen LogP contribution is -2.22. The molecular weight excluding hydrogens is 324 g/mol. The van der Waals surface area contributed by atoms with Gasteiger partial charge in [0.25, 0.3) is 5.91 Å². The van der Waals surface area contributed by atoms with Crippen molar-refractivity contribution in [3.63, 3.8) is 0 Å². The molecule has 1 aromatic carbocycles. The van der Waals surface area contributed by atoms with Gasteiger partial charge in [-0.3, -0.25) is 4.79 Å². The lowest BCUT2D eigenvalue weighted by atomic mass is 10.1. The maximum absolute atomic E-state index is 12.3. The lowest BCUT2D eigenvalue weighted by molar-refractivity contribution is 0.0696. The Morgan fingerprint density at radius 3 is 3.00 bits per heavy atom. The summed E-state index contributed by atoms with van der Waals surface area (Å²) in [5.41, 5.74) is 1.58. The van der Waals surface area contributed by atoms with Crippen LogP contribution in [0.2, 0.25) is 0 Å². The number of nitrogens with zero attached hydrogens (tertiary/aromatic N) is 3. The van der Waals surface area contributed by atoms with E-state index in [1.165, 1.54) is 22.8 Å². The second kappa shape index (κ2) is 5.75. The molecule has 8 nitrogen and oxygen atoms in total. The number of hydrogen-bond acceptors (Lipinski definition) is 5. The Hall–Kier alpha value is -3.68. The summed E-state index contributed by atoms with van der Waals surface area (Å²) in [7, 11) is 0. The molecule has 1 amide bonds. The molecule has 0 bridgehead atoms. The van der Waals surface area contributed by atoms with E-state index in [1.807, 2.05) is 0 Å². The molecule has 124 valence electrons. The van der Waals surface area contributed by atoms with Gasteiger partial charge in [-0.25, -0.2) is 14.3 Å². The summed E-state index contributed by atoms with van der Waals surface area (Å²) in [5, 5.41) is 16.5. The first-order chi connectivity index (χ1) is 12.1. The van der Waals surface area contributed by atoms with Crippen LogP contribution in [-0.2, 0) is 6.54 Å². The van der Waals surface area contributed by atoms with Crippen molar-refractivity contribution in [2.24, 2.45) is 0 Å². The number of hydrogen-bond donors (Lipinski definition) is 2. The van der Waals surface area contributed by atoms with Crippen LogP contribution >= 0.6 is 0 Å². The molecule has 4 rings (SSSR count). The predicted molar refractivity (Wildman–Crippen MR) is 87.3 cm³/mol. The Kier molecular flexibility index (Phi) is 3.42. The highest BCUT2D eigenvalue weighted by Crippen LogP contribution is 2.21. The van der Waals surface area contributed by atoms with E-state index in [1.54, 1.807) is 30.6 Å². The van der Waals surface area contributed by atoms with Crippen molar-refractivity contribution in [2.75, 3.05) is 0 Å². The highest BCUT2D eigenvalue weighted by atomic mass is 16.4. The standard InChI is InChI=1S/C17H12N4O4/c22-16(13-9-20-21-5-1-4-18-15(13)21)19-8-12-7-11-6-10(17(23)24)2-3-14(11)25-12/h1-7,9H,8H2,(H,19,22)(H,23,24). The van der Waals surface area contributed by atoms with Crippen LogP contribution in [0.4, 0.5) is 0 Å². The Morgan fingerprint density at radius 2 is 2.16 bits per heavy atom. The molecular formula is C17H12N4O4. The molecule has 3 heterocycles. The van der Waals surface area contributed by atoms with Crippen molar-refractivity contribution in [3.05, 3.63) is 65.8 Å². The molecule has 0 fully saturated rings. The zero-order valence-electron chi connectivity index (χ0n) is 12.8. The van der Waals surface area contributed by atoms with E-state index in [0.29, 0.717) is 27.9 Å². The lowest BCUT2D eigenvalue weighted by Gasteiger charge is -2.01. The van der Waals surface area contributed by atoms with Gasteiger partial charge < -0.3 is 14.8 Å². The summed E-state index contributed by atoms with van der Waals surface area (Å²) in [4.78, 5) is 27.5. The molecule has 0 aliphatic heterocycles. The van der Waals surface area contributed by atoms with Gasteiger partial charge in [-0.2, -0.15) is 5.10 Å². The third-order valence-corrected chi connectivity index (χ3v) is 3.76. The largest absolute Gasteiger partial charge is 0.478 e. The normalized spacial score (nSPS) is 11.0. The van der Waals surface area contributed by atoms with E-state index in [9.17, 15) is 9.59 Å². The third kappa shape index (κ3) is 2.69. The van der Waals surface area contributed by atoms with Crippen molar-refractivity contribution >= 4 is 28.5 Å². The van der Waals surface area contributed by atoms with Crippen molar-refractivity contribution in [3.8, 4) is 0 Å². The topological polar surface area (TPSA) is 110 Å². The SMILES string of the molecule is O=C(O)c1ccc2oc(CNC(=O)c3cnn4cccnc34)cc2c1. The molecule has 0 radical (unpaired) electrons. The summed E-state index contributed by atoms with van der Waals surface area (Å²) in [6, 6.07) is 8.03. The van der Waals surface area contributed by atoms with Gasteiger partial charge in [-0.1, -0.05) is 0 Å². The first-order valence-corrected chi connectivity index (χ1v) is 7.44. The fourth-order valence-corrected chi connectivity index (χ4v) is 2.57. The number of nitrogens with one attached hydrogen (secondary N) is 1. The van der Waals surface area contributed by atoms with Crippen LogP contribution in [0.5, 0.6) is 0 Å². The van der Waals surface area contributed by atoms with Crippen LogP contribution in [-0.4, -0.2) is 31.6 Å². The van der Waals surface area contributed by atoms with Gasteiger partial charge in [-0.05, 0) is 30.3 Å². The van der Waals surface area contributed by atoms with Gasteiger partial charge in [0.1, 0.15) is 16.9 Å². The first kappa shape index (κ1) is 14.9. The summed E-state index contributed by atoms with van der Waals surface area (Å²) < 4.78 is 7.13. The molecule has 0 unspecified atom stereocenters. The van der Waals surface area contributed by atoms with Gasteiger partial charge in [0.2, 0.25) is 0 Å². The van der Waals surface area contributed by atoms with Crippen molar-refractivity contribution in [1.82, 2.24) is 19.9 Å². The average Bonchev–Trinajstić information content (AvgIpc) is 3.22. The molecule has 0 spiro atoms. The second-order valence-corrected chi connectivity index (χ2v) is 5.40. The predicted octanol–water partition coefficient (Wildman–Crippen LogP) is 2.10. The van der Waals surface area contributed by atoms with E-state index in [-0.39, 0.29) is 18.0 Å². The minimum absolute atomic E-state index is 0.167. The number of amides is 1. The molecule has 8 heteroatoms. The number of benzene rings is 1. The number of carbonyl (C=O) groups is 2. The second-order valence-electron chi connectivity index (χ2n) is 5.40. The van der Waals surface area contributed by atoms with Crippen LogP contribution in [0.15, 0.2) is 53.3 Å². The number of carboxylic acids is 1. The smallest absolute Gasteiger partial charge is 0.335 e. The van der Waals surface area contributed by atoms with Gasteiger partial charge in [0, 0.05) is 17.8 Å². The fraction of sp³-hybridized carbons (Fsp3) is 0.0588. The van der Waals surface area contributed by atoms with Crippen LogP contribution in [0, 0.1) is 0 Å². The zero-order valence-corrected chi connectivity index (χ0v) is 12.8. The highest BCUT2D eigenvalue weighted by molar-refractivity contribution is 5.99. The summed E-state index contributed by atoms with van der Waals surface area (Å²) in [5.74, 6) is -0.797. The van der Waals surface area contributed by atoms with E-state index < -0.39 is 5.97 Å². The number of aromatic nitrogens is 3. The average molecular weight is 336 g/mol. The summed E-state index contributed by atoms with van der Waals surface area (Å²) in [6.07, 6.45) is 4.75. The van der Waals surface area contributed by atoms with Crippen LogP contribution in [0.1, 0.15) is 26.5 Å². The summed E-state index contributed by atoms with van der Waals surface area (Å²) >= 11 is 0. The number of furan rings is 1. The molecule has 4 aromatic rings. The fourth-order valence-electron chi connectivity index (χ4n) is 2.57. The van der Waals surface area contributed by atoms with Crippen molar-refractivity contribution in [2.45, 2.75) is 6.54 Å². The van der Waals surface area contributed by atoms with E-state index in [2.05, 4.69) is 15.4 Å². The minimum Gasteiger partial charge on any atom is -0.478 e. The molecule has 3 aromatic heterocycles. The molecule has 0 aliphatic rings. The van der Waals surface area contributed by atoms with Gasteiger partial charge >= 0.3 is 5.97 Å². The van der Waals surface area contributed by atoms with Crippen LogP contribution in [0.25, 0.3) is 16.6 Å². The molecule has 0 atom stereocenters. The maximum Gasteiger partial charge on any atom is 0.335 e. The molecule has 25 heavy (non-hydrogen) atoms. The van der Waals surface area contributed by atoms with E-state index >= 15 is 0 Å². The molecule has 0 aliphatic carbocycles. The number of aromatic carboxylic acids is 1. The molecule has 0 saturated heterocycles. The number of fused-ring (bicyclic) bond motifs is 2. The number of carbonyl (C=O) groups excluding carboxylic acids is 1. The Balaban J connectivity index is 1.53. The summed E-state index contributed by atoms with van der Waals surface area (Å²) in [6.45, 7) is 0.167. The number of carboxylic acid groups (broad SMARTS) is 1. The third-order valence-electron chi connectivity index (χ3n) is 3.76. The van der Waals surface area contributed by atoms with Crippen molar-refractivity contribution in [1.29, 1.82) is 0 Å². The maximum atomic E-state index is 12.3. The van der Waals surface area contributed by atoms with Gasteiger partial charge in [0.05, 0.1) is 18.3 Å². The highest BCUT2D eigenvalue weighted by Gasteiger charge is 2.14. The van der Waals surface area contributed by atoms with Gasteiger partial charge in [-0.15, -0.1) is 0 Å². The van der Waals surface area contributed by atoms with Crippen LogP contribution < -0.4 is 5.32 Å².